The first-order valence-corrected chi connectivity index (χ1v) is 6.28. The molecule has 1 aromatic carbocycles. The quantitative estimate of drug-likeness (QED) is 0.623. The van der Waals surface area contributed by atoms with Crippen molar-refractivity contribution in [1.82, 2.24) is 0 Å². The molecule has 0 amide bonds. The van der Waals surface area contributed by atoms with E-state index in [1.165, 1.54) is 13.2 Å². The number of hydrogen-bond donors (Lipinski definition) is 1. The Balaban J connectivity index is 2.15. The van der Waals surface area contributed by atoms with Crippen LogP contribution in [0.5, 0.6) is 5.75 Å². The second kappa shape index (κ2) is 5.57. The van der Waals surface area contributed by atoms with Crippen molar-refractivity contribution in [1.29, 1.82) is 0 Å². The van der Waals surface area contributed by atoms with Gasteiger partial charge in [0.2, 0.25) is 0 Å². The smallest absolute Gasteiger partial charge is 0.333 e. The highest BCUT2D eigenvalue weighted by Crippen LogP contribution is 2.41. The maximum Gasteiger partial charge on any atom is 0.333 e. The van der Waals surface area contributed by atoms with Gasteiger partial charge < -0.3 is 19.5 Å². The number of ether oxygens (including phenoxy) is 2. The summed E-state index contributed by atoms with van der Waals surface area (Å²) in [5.41, 5.74) is -0.272. The van der Waals surface area contributed by atoms with E-state index in [9.17, 15) is 14.9 Å². The number of hydrogen-bond acceptors (Lipinski definition) is 6. The number of anilines is 1. The summed E-state index contributed by atoms with van der Waals surface area (Å²) in [7, 11) is 1.38. The Bertz CT molecular complexity index is 568. The molecule has 0 radical (unpaired) electrons. The molecule has 114 valence electrons. The molecule has 0 saturated carbocycles. The van der Waals surface area contributed by atoms with E-state index in [2.05, 4.69) is 0 Å². The topological polar surface area (TPSA) is 102 Å². The minimum atomic E-state index is -1.04. The Hall–Kier alpha value is -2.35. The van der Waals surface area contributed by atoms with Gasteiger partial charge in [0.1, 0.15) is 17.9 Å². The first-order chi connectivity index (χ1) is 9.86. The molecule has 0 aliphatic carbocycles. The third-order valence-electron chi connectivity index (χ3n) is 3.32. The number of aliphatic carboxylic acids is 1. The summed E-state index contributed by atoms with van der Waals surface area (Å²) in [6.07, 6.45) is 0. The van der Waals surface area contributed by atoms with Crippen molar-refractivity contribution >= 4 is 17.3 Å². The van der Waals surface area contributed by atoms with Gasteiger partial charge in [-0.2, -0.15) is 0 Å². The van der Waals surface area contributed by atoms with E-state index in [1.54, 1.807) is 24.0 Å². The van der Waals surface area contributed by atoms with E-state index < -0.39 is 16.5 Å². The van der Waals surface area contributed by atoms with Crippen LogP contribution in [0.15, 0.2) is 18.2 Å². The Labute approximate surface area is 121 Å². The number of rotatable bonds is 6. The number of benzene rings is 1. The van der Waals surface area contributed by atoms with Crippen LogP contribution in [0.1, 0.15) is 6.92 Å². The summed E-state index contributed by atoms with van der Waals surface area (Å²) in [4.78, 5) is 23.0. The Morgan fingerprint density at radius 2 is 2.19 bits per heavy atom. The van der Waals surface area contributed by atoms with Gasteiger partial charge in [-0.05, 0) is 19.1 Å². The molecule has 8 nitrogen and oxygen atoms in total. The summed E-state index contributed by atoms with van der Waals surface area (Å²) in [6.45, 7) is 2.16. The van der Waals surface area contributed by atoms with Gasteiger partial charge in [-0.15, -0.1) is 0 Å². The maximum absolute atomic E-state index is 11.2. The molecule has 1 N–H and O–H groups in total. The third kappa shape index (κ3) is 3.05. The van der Waals surface area contributed by atoms with Crippen molar-refractivity contribution < 1.29 is 24.3 Å². The van der Waals surface area contributed by atoms with Crippen molar-refractivity contribution in [3.8, 4) is 5.75 Å². The lowest BCUT2D eigenvalue weighted by Crippen LogP contribution is -2.62. The highest BCUT2D eigenvalue weighted by molar-refractivity contribution is 5.71. The second-order valence-electron chi connectivity index (χ2n) is 5.07. The molecule has 2 rings (SSSR count). The number of carboxylic acids is 1. The van der Waals surface area contributed by atoms with Crippen LogP contribution in [0.3, 0.4) is 0 Å². The molecule has 0 spiro atoms. The normalized spacial score (nSPS) is 16.2. The average Bonchev–Trinajstić information content (AvgIpc) is 2.41. The van der Waals surface area contributed by atoms with Gasteiger partial charge in [0.25, 0.3) is 0 Å². The van der Waals surface area contributed by atoms with Crippen molar-refractivity contribution in [3.05, 3.63) is 28.3 Å². The predicted octanol–water partition coefficient (Wildman–Crippen LogP) is 1.28. The molecule has 1 aliphatic rings. The summed E-state index contributed by atoms with van der Waals surface area (Å²) < 4.78 is 10.3. The van der Waals surface area contributed by atoms with Crippen LogP contribution in [0, 0.1) is 10.1 Å². The number of carbonyl (C=O) groups is 1. The highest BCUT2D eigenvalue weighted by atomic mass is 16.6. The molecule has 1 fully saturated rings. The summed E-state index contributed by atoms with van der Waals surface area (Å²) in [5.74, 6) is -0.848. The van der Waals surface area contributed by atoms with Gasteiger partial charge in [-0.1, -0.05) is 6.07 Å². The third-order valence-corrected chi connectivity index (χ3v) is 3.32. The average molecular weight is 296 g/mol. The molecule has 0 aromatic heterocycles. The van der Waals surface area contributed by atoms with Crippen LogP contribution in [0.25, 0.3) is 0 Å². The number of nitro groups is 1. The maximum atomic E-state index is 11.2. The first-order valence-electron chi connectivity index (χ1n) is 6.28. The van der Waals surface area contributed by atoms with E-state index in [0.717, 1.165) is 0 Å². The fourth-order valence-electron chi connectivity index (χ4n) is 2.37. The molecule has 1 saturated heterocycles. The number of nitrogens with zero attached hydrogens (tertiary/aromatic N) is 2. The van der Waals surface area contributed by atoms with Crippen LogP contribution in [-0.4, -0.2) is 48.4 Å². The fraction of sp³-hybridized carbons (Fsp3) is 0.462. The minimum absolute atomic E-state index is 0.0970. The number of para-hydroxylation sites is 1. The van der Waals surface area contributed by atoms with E-state index in [-0.39, 0.29) is 18.0 Å². The zero-order chi connectivity index (χ0) is 15.6. The van der Waals surface area contributed by atoms with E-state index in [1.807, 2.05) is 0 Å². The van der Waals surface area contributed by atoms with Crippen LogP contribution in [0.2, 0.25) is 0 Å². The van der Waals surface area contributed by atoms with Gasteiger partial charge in [-0.3, -0.25) is 10.1 Å². The predicted molar refractivity (Wildman–Crippen MR) is 73.9 cm³/mol. The number of methoxy groups -OCH3 is 1. The fourth-order valence-corrected chi connectivity index (χ4v) is 2.37. The van der Waals surface area contributed by atoms with E-state index in [0.29, 0.717) is 18.8 Å². The lowest BCUT2D eigenvalue weighted by molar-refractivity contribution is -0.385. The number of carboxylic acid groups (broad SMARTS) is 1. The van der Waals surface area contributed by atoms with Gasteiger partial charge in [0.05, 0.1) is 12.0 Å². The molecule has 21 heavy (non-hydrogen) atoms. The minimum Gasteiger partial charge on any atom is -0.490 e. The monoisotopic (exact) mass is 296 g/mol. The highest BCUT2D eigenvalue weighted by Gasteiger charge is 2.43. The van der Waals surface area contributed by atoms with Gasteiger partial charge in [0.15, 0.2) is 5.75 Å². The van der Waals surface area contributed by atoms with Crippen molar-refractivity contribution in [3.63, 3.8) is 0 Å². The van der Waals surface area contributed by atoms with Crippen LogP contribution in [0.4, 0.5) is 11.4 Å². The Kier molecular flexibility index (Phi) is 3.99. The zero-order valence-corrected chi connectivity index (χ0v) is 11.7. The summed E-state index contributed by atoms with van der Waals surface area (Å²) in [5, 5.41) is 19.8. The molecular formula is C13H16N2O6. The van der Waals surface area contributed by atoms with E-state index in [4.69, 9.17) is 14.6 Å². The largest absolute Gasteiger partial charge is 0.490 e. The van der Waals surface area contributed by atoms with E-state index >= 15 is 0 Å². The number of nitro benzene ring substituents is 1. The molecular weight excluding hydrogens is 280 g/mol. The standard InChI is InChI=1S/C13H16N2O6/c1-13(21-6-11(16)17)7-14(8-13)9-4-3-5-10(20-2)12(9)15(18)19/h3-5H,6-8H2,1-2H3,(H,16,17). The molecule has 1 aromatic rings. The SMILES string of the molecule is COc1cccc(N2CC(C)(OCC(=O)O)C2)c1[N+](=O)[O-]. The van der Waals surface area contributed by atoms with Gasteiger partial charge >= 0.3 is 11.7 Å². The van der Waals surface area contributed by atoms with Crippen molar-refractivity contribution in [2.75, 3.05) is 31.7 Å². The van der Waals surface area contributed by atoms with Gasteiger partial charge in [0, 0.05) is 13.1 Å². The van der Waals surface area contributed by atoms with Crippen LogP contribution < -0.4 is 9.64 Å². The zero-order valence-electron chi connectivity index (χ0n) is 11.7. The van der Waals surface area contributed by atoms with Crippen molar-refractivity contribution in [2.24, 2.45) is 0 Å². The molecule has 0 atom stereocenters. The van der Waals surface area contributed by atoms with Crippen LogP contribution in [-0.2, 0) is 9.53 Å². The van der Waals surface area contributed by atoms with Gasteiger partial charge in [-0.25, -0.2) is 4.79 Å². The summed E-state index contributed by atoms with van der Waals surface area (Å²) in [6, 6.07) is 4.84. The Morgan fingerprint density at radius 3 is 2.71 bits per heavy atom. The Morgan fingerprint density at radius 1 is 1.52 bits per heavy atom. The van der Waals surface area contributed by atoms with Crippen LogP contribution >= 0.6 is 0 Å². The molecule has 0 bridgehead atoms. The lowest BCUT2D eigenvalue weighted by Gasteiger charge is -2.48. The molecule has 1 aliphatic heterocycles. The summed E-state index contributed by atoms with van der Waals surface area (Å²) >= 11 is 0. The molecule has 8 heteroatoms. The van der Waals surface area contributed by atoms with Crippen molar-refractivity contribution in [2.45, 2.75) is 12.5 Å². The first kappa shape index (κ1) is 15.0. The molecule has 1 heterocycles. The lowest BCUT2D eigenvalue weighted by atomic mass is 9.95. The molecule has 0 unspecified atom stereocenters. The second-order valence-corrected chi connectivity index (χ2v) is 5.07.